The van der Waals surface area contributed by atoms with Gasteiger partial charge in [0.05, 0.1) is 23.4 Å². The average molecular weight is 292 g/mol. The zero-order valence-corrected chi connectivity index (χ0v) is 11.1. The number of ether oxygens (including phenoxy) is 1. The van der Waals surface area contributed by atoms with Crippen molar-refractivity contribution in [3.05, 3.63) is 52.3 Å². The Morgan fingerprint density at radius 3 is 2.57 bits per heavy atom. The molecule has 0 aromatic heterocycles. The van der Waals surface area contributed by atoms with E-state index in [0.29, 0.717) is 17.1 Å². The van der Waals surface area contributed by atoms with E-state index in [0.717, 1.165) is 0 Å². The lowest BCUT2D eigenvalue weighted by atomic mass is 10.2. The highest BCUT2D eigenvalue weighted by molar-refractivity contribution is 5.71. The van der Waals surface area contributed by atoms with Crippen molar-refractivity contribution >= 4 is 22.7 Å². The number of hydrogen-bond acceptors (Lipinski definition) is 6. The van der Waals surface area contributed by atoms with Gasteiger partial charge >= 0.3 is 0 Å². The van der Waals surface area contributed by atoms with Crippen molar-refractivity contribution in [2.24, 2.45) is 5.84 Å². The van der Waals surface area contributed by atoms with Gasteiger partial charge in [-0.3, -0.25) is 16.0 Å². The molecule has 0 bridgehead atoms. The van der Waals surface area contributed by atoms with E-state index >= 15 is 0 Å². The van der Waals surface area contributed by atoms with Crippen LogP contribution < -0.4 is 21.3 Å². The highest BCUT2D eigenvalue weighted by Crippen LogP contribution is 2.31. The number of nitro benzene ring substituents is 1. The molecular formula is C13H13FN4O3. The van der Waals surface area contributed by atoms with Gasteiger partial charge < -0.3 is 15.5 Å². The van der Waals surface area contributed by atoms with Crippen LogP contribution in [-0.4, -0.2) is 12.0 Å². The average Bonchev–Trinajstić information content (AvgIpc) is 2.48. The summed E-state index contributed by atoms with van der Waals surface area (Å²) in [5.41, 5.74) is 3.48. The number of anilines is 3. The SMILES string of the molecule is COc1cc(F)ccc1Nc1cc(NN)cc([N+](=O)[O-])c1. The number of nitro groups is 1. The summed E-state index contributed by atoms with van der Waals surface area (Å²) in [6, 6.07) is 8.15. The van der Waals surface area contributed by atoms with Gasteiger partial charge in [-0.25, -0.2) is 4.39 Å². The Labute approximate surface area is 119 Å². The zero-order chi connectivity index (χ0) is 15.4. The molecule has 8 heteroatoms. The molecule has 0 aliphatic heterocycles. The zero-order valence-electron chi connectivity index (χ0n) is 11.1. The second-order valence-corrected chi connectivity index (χ2v) is 4.14. The van der Waals surface area contributed by atoms with E-state index < -0.39 is 10.7 Å². The Hall–Kier alpha value is -2.87. The molecule has 2 rings (SSSR count). The maximum absolute atomic E-state index is 13.1. The van der Waals surface area contributed by atoms with E-state index in [1.54, 1.807) is 6.07 Å². The first kappa shape index (κ1) is 14.5. The molecule has 0 radical (unpaired) electrons. The van der Waals surface area contributed by atoms with E-state index in [9.17, 15) is 14.5 Å². The molecule has 0 aliphatic carbocycles. The summed E-state index contributed by atoms with van der Waals surface area (Å²) in [4.78, 5) is 10.3. The molecule has 2 aromatic carbocycles. The molecule has 0 aliphatic rings. The molecule has 0 saturated heterocycles. The quantitative estimate of drug-likeness (QED) is 0.445. The summed E-state index contributed by atoms with van der Waals surface area (Å²) in [6.45, 7) is 0. The Morgan fingerprint density at radius 1 is 1.24 bits per heavy atom. The van der Waals surface area contributed by atoms with Gasteiger partial charge in [0, 0.05) is 23.9 Å². The predicted octanol–water partition coefficient (Wildman–Crippen LogP) is 2.77. The van der Waals surface area contributed by atoms with Crippen molar-refractivity contribution in [3.63, 3.8) is 0 Å². The van der Waals surface area contributed by atoms with Gasteiger partial charge in [0.2, 0.25) is 0 Å². The minimum atomic E-state index is -0.534. The second kappa shape index (κ2) is 6.06. The molecule has 0 fully saturated rings. The molecule has 0 amide bonds. The van der Waals surface area contributed by atoms with E-state index in [4.69, 9.17) is 10.6 Å². The number of benzene rings is 2. The highest BCUT2D eigenvalue weighted by atomic mass is 19.1. The number of nitrogens with one attached hydrogen (secondary N) is 2. The van der Waals surface area contributed by atoms with Crippen LogP contribution in [0.5, 0.6) is 5.75 Å². The number of nitrogens with two attached hydrogens (primary N) is 1. The second-order valence-electron chi connectivity index (χ2n) is 4.14. The van der Waals surface area contributed by atoms with E-state index in [2.05, 4.69) is 10.7 Å². The van der Waals surface area contributed by atoms with E-state index in [-0.39, 0.29) is 11.4 Å². The minimum Gasteiger partial charge on any atom is -0.494 e. The third-order valence-electron chi connectivity index (χ3n) is 2.74. The number of rotatable bonds is 5. The first-order chi connectivity index (χ1) is 10.0. The first-order valence-corrected chi connectivity index (χ1v) is 5.90. The van der Waals surface area contributed by atoms with Gasteiger partial charge in [-0.2, -0.15) is 0 Å². The van der Waals surface area contributed by atoms with Gasteiger partial charge in [-0.15, -0.1) is 0 Å². The summed E-state index contributed by atoms with van der Waals surface area (Å²) in [7, 11) is 1.40. The smallest absolute Gasteiger partial charge is 0.273 e. The molecule has 7 nitrogen and oxygen atoms in total. The lowest BCUT2D eigenvalue weighted by Gasteiger charge is -2.12. The van der Waals surface area contributed by atoms with Gasteiger partial charge in [-0.1, -0.05) is 0 Å². The number of methoxy groups -OCH3 is 1. The molecule has 0 unspecified atom stereocenters. The Balaban J connectivity index is 2.39. The van der Waals surface area contributed by atoms with Crippen LogP contribution in [0.4, 0.5) is 27.1 Å². The molecule has 0 atom stereocenters. The summed E-state index contributed by atoms with van der Waals surface area (Å²) < 4.78 is 18.2. The summed E-state index contributed by atoms with van der Waals surface area (Å²) in [6.07, 6.45) is 0. The topological polar surface area (TPSA) is 102 Å². The van der Waals surface area contributed by atoms with Crippen LogP contribution in [0.15, 0.2) is 36.4 Å². The fraction of sp³-hybridized carbons (Fsp3) is 0.0769. The number of hydrazine groups is 1. The van der Waals surface area contributed by atoms with Crippen molar-refractivity contribution in [1.82, 2.24) is 0 Å². The van der Waals surface area contributed by atoms with Gasteiger partial charge in [0.1, 0.15) is 11.6 Å². The molecule has 4 N–H and O–H groups in total. The fourth-order valence-corrected chi connectivity index (χ4v) is 1.80. The van der Waals surface area contributed by atoms with E-state index in [1.807, 2.05) is 0 Å². The van der Waals surface area contributed by atoms with Gasteiger partial charge in [0.25, 0.3) is 5.69 Å². The number of non-ortho nitro benzene ring substituents is 1. The molecule has 2 aromatic rings. The largest absolute Gasteiger partial charge is 0.494 e. The lowest BCUT2D eigenvalue weighted by Crippen LogP contribution is -2.07. The normalized spacial score (nSPS) is 10.0. The van der Waals surface area contributed by atoms with Gasteiger partial charge in [-0.05, 0) is 18.2 Å². The summed E-state index contributed by atoms with van der Waals surface area (Å²) >= 11 is 0. The van der Waals surface area contributed by atoms with Crippen LogP contribution in [0.2, 0.25) is 0 Å². The molecule has 0 saturated carbocycles. The molecule has 0 heterocycles. The summed E-state index contributed by atoms with van der Waals surface area (Å²) in [5, 5.41) is 13.8. The maximum Gasteiger partial charge on any atom is 0.273 e. The number of nitrogen functional groups attached to an aromatic ring is 1. The van der Waals surface area contributed by atoms with Crippen molar-refractivity contribution in [3.8, 4) is 5.75 Å². The summed E-state index contributed by atoms with van der Waals surface area (Å²) in [5.74, 6) is 5.12. The maximum atomic E-state index is 13.1. The molecule has 21 heavy (non-hydrogen) atoms. The minimum absolute atomic E-state index is 0.131. The third-order valence-corrected chi connectivity index (χ3v) is 2.74. The van der Waals surface area contributed by atoms with Crippen LogP contribution in [0.25, 0.3) is 0 Å². The van der Waals surface area contributed by atoms with Crippen molar-refractivity contribution in [1.29, 1.82) is 0 Å². The van der Waals surface area contributed by atoms with Gasteiger partial charge in [0.15, 0.2) is 0 Å². The highest BCUT2D eigenvalue weighted by Gasteiger charge is 2.11. The Kier molecular flexibility index (Phi) is 4.19. The van der Waals surface area contributed by atoms with E-state index in [1.165, 1.54) is 37.4 Å². The third kappa shape index (κ3) is 3.37. The van der Waals surface area contributed by atoms with Crippen LogP contribution in [0.3, 0.4) is 0 Å². The lowest BCUT2D eigenvalue weighted by molar-refractivity contribution is -0.384. The fourth-order valence-electron chi connectivity index (χ4n) is 1.80. The van der Waals surface area contributed by atoms with Crippen LogP contribution in [-0.2, 0) is 0 Å². The van der Waals surface area contributed by atoms with Crippen molar-refractivity contribution < 1.29 is 14.1 Å². The monoisotopic (exact) mass is 292 g/mol. The number of halogens is 1. The molecular weight excluding hydrogens is 279 g/mol. The number of hydrogen-bond donors (Lipinski definition) is 3. The van der Waals surface area contributed by atoms with Crippen LogP contribution in [0, 0.1) is 15.9 Å². The van der Waals surface area contributed by atoms with Crippen LogP contribution in [0.1, 0.15) is 0 Å². The molecule has 0 spiro atoms. The number of nitrogens with zero attached hydrogens (tertiary/aromatic N) is 1. The Bertz CT molecular complexity index is 678. The van der Waals surface area contributed by atoms with Crippen LogP contribution >= 0.6 is 0 Å². The molecule has 110 valence electrons. The van der Waals surface area contributed by atoms with Crippen molar-refractivity contribution in [2.75, 3.05) is 17.9 Å². The Morgan fingerprint density at radius 2 is 1.95 bits per heavy atom. The van der Waals surface area contributed by atoms with Crippen molar-refractivity contribution in [2.45, 2.75) is 0 Å². The standard InChI is InChI=1S/C13H13FN4O3/c1-21-13-4-8(14)2-3-12(13)16-9-5-10(17-15)7-11(6-9)18(19)20/h2-7,16-17H,15H2,1H3. The predicted molar refractivity (Wildman–Crippen MR) is 77.1 cm³/mol. The first-order valence-electron chi connectivity index (χ1n) is 5.90.